The average Bonchev–Trinajstić information content (AvgIpc) is 3.35. The molecule has 0 aliphatic heterocycles. The number of amides is 1. The van der Waals surface area contributed by atoms with E-state index in [0.29, 0.717) is 27.9 Å². The molecule has 1 unspecified atom stereocenters. The number of hydrogen-bond donors (Lipinski definition) is 1. The fourth-order valence-corrected chi connectivity index (χ4v) is 5.54. The minimum atomic E-state index is -0.780. The number of methoxy groups -OCH3 is 2. The number of carbonyl (C=O) groups excluding carboxylic acids is 2. The van der Waals surface area contributed by atoms with Crippen LogP contribution < -0.4 is 15.0 Å². The van der Waals surface area contributed by atoms with Crippen LogP contribution in [0.3, 0.4) is 0 Å². The van der Waals surface area contributed by atoms with Crippen LogP contribution in [0.4, 0.5) is 22.2 Å². The number of unbranched alkanes of at least 4 members (excludes halogenated alkanes) is 4. The molecule has 1 N–H and O–H groups in total. The summed E-state index contributed by atoms with van der Waals surface area (Å²) in [6, 6.07) is 5.45. The predicted octanol–water partition coefficient (Wildman–Crippen LogP) is 8.86. The molecule has 0 radical (unpaired) electrons. The smallest absolute Gasteiger partial charge is 0.348 e. The molecule has 0 saturated heterocycles. The summed E-state index contributed by atoms with van der Waals surface area (Å²) in [5.74, 6) is 0.143. The second-order valence-corrected chi connectivity index (χ2v) is 11.5. The van der Waals surface area contributed by atoms with E-state index >= 15 is 0 Å². The molecule has 1 amide bonds. The fraction of sp³-hybridized carbons (Fsp3) is 0.548. The van der Waals surface area contributed by atoms with E-state index in [9.17, 15) is 14.9 Å². The summed E-state index contributed by atoms with van der Waals surface area (Å²) >= 11 is 7.29. The molecule has 0 spiro atoms. The van der Waals surface area contributed by atoms with Crippen molar-refractivity contribution in [2.75, 3.05) is 37.5 Å². The van der Waals surface area contributed by atoms with Crippen molar-refractivity contribution in [3.63, 3.8) is 0 Å². The molecule has 0 aliphatic rings. The second-order valence-electron chi connectivity index (χ2n) is 10.2. The highest BCUT2D eigenvalue weighted by molar-refractivity contribution is 7.16. The van der Waals surface area contributed by atoms with Crippen LogP contribution in [-0.4, -0.2) is 44.2 Å². The topological polar surface area (TPSA) is 129 Å². The van der Waals surface area contributed by atoms with Gasteiger partial charge in [0.15, 0.2) is 0 Å². The lowest BCUT2D eigenvalue weighted by Gasteiger charge is -2.31. The number of nitrogens with zero attached hydrogens (tertiary/aromatic N) is 5. The molecule has 1 aromatic carbocycles. The third kappa shape index (κ3) is 11.3. The van der Waals surface area contributed by atoms with Gasteiger partial charge in [-0.2, -0.15) is 5.26 Å². The maximum atomic E-state index is 12.2. The van der Waals surface area contributed by atoms with Crippen LogP contribution in [0.25, 0.3) is 6.08 Å². The van der Waals surface area contributed by atoms with Crippen LogP contribution in [0.2, 0.25) is 5.15 Å². The van der Waals surface area contributed by atoms with Gasteiger partial charge in [0, 0.05) is 26.1 Å². The van der Waals surface area contributed by atoms with Crippen LogP contribution in [-0.2, 0) is 14.3 Å². The van der Waals surface area contributed by atoms with Gasteiger partial charge in [0.1, 0.15) is 28.2 Å². The van der Waals surface area contributed by atoms with Gasteiger partial charge in [-0.25, -0.2) is 9.78 Å². The van der Waals surface area contributed by atoms with Crippen molar-refractivity contribution in [3.8, 4) is 11.8 Å². The Hall–Kier alpha value is -3.49. The molecule has 43 heavy (non-hydrogen) atoms. The van der Waals surface area contributed by atoms with Gasteiger partial charge in [-0.05, 0) is 30.9 Å². The van der Waals surface area contributed by atoms with Gasteiger partial charge < -0.3 is 19.7 Å². The quantitative estimate of drug-likeness (QED) is 0.0572. The van der Waals surface area contributed by atoms with Gasteiger partial charge in [0.05, 0.1) is 30.5 Å². The molecule has 12 heteroatoms. The van der Waals surface area contributed by atoms with Gasteiger partial charge in [-0.15, -0.1) is 10.2 Å². The summed E-state index contributed by atoms with van der Waals surface area (Å²) in [5, 5.41) is 21.0. The molecule has 0 fully saturated rings. The highest BCUT2D eigenvalue weighted by atomic mass is 35.5. The largest absolute Gasteiger partial charge is 0.494 e. The van der Waals surface area contributed by atoms with E-state index in [2.05, 4.69) is 50.9 Å². The van der Waals surface area contributed by atoms with E-state index in [4.69, 9.17) is 16.3 Å². The third-order valence-electron chi connectivity index (χ3n) is 6.89. The molecule has 2 rings (SSSR count). The Labute approximate surface area is 264 Å². The molecule has 10 nitrogen and oxygen atoms in total. The third-order valence-corrected chi connectivity index (χ3v) is 8.18. The number of hydrogen-bond acceptors (Lipinski definition) is 10. The Kier molecular flexibility index (Phi) is 15.7. The van der Waals surface area contributed by atoms with Crippen molar-refractivity contribution in [2.24, 2.45) is 16.1 Å². The standard InChI is InChI=1S/C31H43ClN6O4S/c1-7-10-12-13-15-38(20-22(9-3)14-11-8-2)26-17-24(34-21(4)39)25(18-27(26)41-5)36-37-31-35-29(32)28(43-31)16-23(19-33)30(40)42-6/h16-18,22H,7-15,20H2,1-6H3,(H,34,39)/b23-16+,37-36+. The summed E-state index contributed by atoms with van der Waals surface area (Å²) in [4.78, 5) is 30.9. The minimum Gasteiger partial charge on any atom is -0.494 e. The summed E-state index contributed by atoms with van der Waals surface area (Å²) in [6.07, 6.45) is 10.5. The molecule has 1 heterocycles. The number of thiazole rings is 1. The lowest BCUT2D eigenvalue weighted by molar-refractivity contribution is -0.135. The van der Waals surface area contributed by atoms with Gasteiger partial charge in [0.25, 0.3) is 0 Å². The number of azo groups is 1. The van der Waals surface area contributed by atoms with Crippen molar-refractivity contribution in [2.45, 2.75) is 79.1 Å². The predicted molar refractivity (Wildman–Crippen MR) is 174 cm³/mol. The molecular weight excluding hydrogens is 588 g/mol. The number of rotatable bonds is 18. The number of aromatic nitrogens is 1. The number of halogens is 1. The molecular formula is C31H43ClN6O4S. The van der Waals surface area contributed by atoms with Crippen LogP contribution in [0.5, 0.6) is 5.75 Å². The summed E-state index contributed by atoms with van der Waals surface area (Å²) < 4.78 is 10.5. The van der Waals surface area contributed by atoms with Crippen molar-refractivity contribution >= 4 is 63.1 Å². The number of ether oxygens (including phenoxy) is 2. The highest BCUT2D eigenvalue weighted by Crippen LogP contribution is 2.41. The first-order valence-electron chi connectivity index (χ1n) is 14.7. The van der Waals surface area contributed by atoms with Crippen LogP contribution >= 0.6 is 22.9 Å². The Bertz CT molecular complexity index is 1320. The second kappa shape index (κ2) is 18.9. The first kappa shape index (κ1) is 35.7. The normalized spacial score (nSPS) is 12.2. The van der Waals surface area contributed by atoms with E-state index in [1.54, 1.807) is 19.2 Å². The molecule has 0 saturated carbocycles. The van der Waals surface area contributed by atoms with E-state index in [-0.39, 0.29) is 21.8 Å². The summed E-state index contributed by atoms with van der Waals surface area (Å²) in [6.45, 7) is 9.87. The molecule has 1 aromatic heterocycles. The summed E-state index contributed by atoms with van der Waals surface area (Å²) in [5.41, 5.74) is 1.56. The van der Waals surface area contributed by atoms with Gasteiger partial charge >= 0.3 is 5.97 Å². The zero-order chi connectivity index (χ0) is 31.8. The van der Waals surface area contributed by atoms with Crippen LogP contribution in [0.15, 0.2) is 27.9 Å². The first-order valence-corrected chi connectivity index (χ1v) is 15.9. The van der Waals surface area contributed by atoms with Crippen molar-refractivity contribution in [1.29, 1.82) is 5.26 Å². The zero-order valence-corrected chi connectivity index (χ0v) is 27.6. The SMILES string of the molecule is CCCCCCN(CC(CC)CCCC)c1cc(NC(C)=O)c(/N=N/c2nc(Cl)c(/C=C(\C#N)C(=O)OC)s2)cc1OC. The number of anilines is 2. The number of nitrogens with one attached hydrogen (secondary N) is 1. The molecule has 0 aliphatic carbocycles. The minimum absolute atomic E-state index is 0.0675. The van der Waals surface area contributed by atoms with E-state index < -0.39 is 5.97 Å². The van der Waals surface area contributed by atoms with E-state index in [1.807, 2.05) is 6.07 Å². The Balaban J connectivity index is 2.51. The number of benzene rings is 1. The fourth-order valence-electron chi connectivity index (χ4n) is 4.52. The number of carbonyl (C=O) groups is 2. The van der Waals surface area contributed by atoms with Crippen molar-refractivity contribution < 1.29 is 19.1 Å². The van der Waals surface area contributed by atoms with Crippen molar-refractivity contribution in [3.05, 3.63) is 27.7 Å². The maximum absolute atomic E-state index is 12.2. The van der Waals surface area contributed by atoms with Crippen molar-refractivity contribution in [1.82, 2.24) is 4.98 Å². The molecule has 0 bridgehead atoms. The first-order chi connectivity index (χ1) is 20.7. The van der Waals surface area contributed by atoms with Gasteiger partial charge in [-0.3, -0.25) is 4.79 Å². The van der Waals surface area contributed by atoms with E-state index in [0.717, 1.165) is 68.6 Å². The highest BCUT2D eigenvalue weighted by Gasteiger charge is 2.20. The zero-order valence-electron chi connectivity index (χ0n) is 26.0. The Morgan fingerprint density at radius 3 is 2.51 bits per heavy atom. The maximum Gasteiger partial charge on any atom is 0.348 e. The summed E-state index contributed by atoms with van der Waals surface area (Å²) in [7, 11) is 2.81. The Morgan fingerprint density at radius 2 is 1.91 bits per heavy atom. The molecule has 1 atom stereocenters. The van der Waals surface area contributed by atoms with Crippen LogP contribution in [0, 0.1) is 17.2 Å². The molecule has 2 aromatic rings. The van der Waals surface area contributed by atoms with Crippen LogP contribution in [0.1, 0.15) is 83.9 Å². The lowest BCUT2D eigenvalue weighted by atomic mass is 9.98. The molecule has 234 valence electrons. The lowest BCUT2D eigenvalue weighted by Crippen LogP contribution is -2.31. The van der Waals surface area contributed by atoms with Gasteiger partial charge in [-0.1, -0.05) is 82.2 Å². The number of nitriles is 1. The monoisotopic (exact) mass is 630 g/mol. The van der Waals surface area contributed by atoms with E-state index in [1.165, 1.54) is 33.0 Å². The van der Waals surface area contributed by atoms with Gasteiger partial charge in [0.2, 0.25) is 11.0 Å². The average molecular weight is 631 g/mol. The Morgan fingerprint density at radius 1 is 1.16 bits per heavy atom. The number of esters is 1.